The molecule has 0 aromatic heterocycles. The second-order valence-corrected chi connectivity index (χ2v) is 0.289. The molecule has 0 N–H and O–H groups in total. The van der Waals surface area contributed by atoms with Gasteiger partial charge < -0.3 is 33.9 Å². The molecule has 0 aliphatic heterocycles. The minimum absolute atomic E-state index is 0. The molecular formula is BF4Na7O3. The summed E-state index contributed by atoms with van der Waals surface area (Å²) in [5.74, 6) is 0. The summed E-state index contributed by atoms with van der Waals surface area (Å²) in [7, 11) is -2.92. The van der Waals surface area contributed by atoms with E-state index in [-0.39, 0.29) is 226 Å². The van der Waals surface area contributed by atoms with Gasteiger partial charge in [-0.3, -0.25) is 7.32 Å². The summed E-state index contributed by atoms with van der Waals surface area (Å²) in [6.45, 7) is 0. The van der Waals surface area contributed by atoms with Crippen molar-refractivity contribution in [1.82, 2.24) is 0 Å². The van der Waals surface area contributed by atoms with Gasteiger partial charge >= 0.3 is 207 Å². The fourth-order valence-corrected chi connectivity index (χ4v) is 0. The van der Waals surface area contributed by atoms with Gasteiger partial charge in [-0.25, -0.2) is 0 Å². The zero-order chi connectivity index (χ0) is 3.58. The molecule has 0 heterocycles. The molecule has 0 aromatic carbocycles. The summed E-state index contributed by atoms with van der Waals surface area (Å²) < 4.78 is 0. The number of rotatable bonds is 0. The van der Waals surface area contributed by atoms with Gasteiger partial charge in [-0.15, -0.1) is 0 Å². The molecule has 0 spiro atoms. The third-order valence-electron chi connectivity index (χ3n) is 0. The molecule has 0 aliphatic carbocycles. The first-order valence-electron chi connectivity index (χ1n) is 0.707. The van der Waals surface area contributed by atoms with Crippen LogP contribution in [-0.2, 0) is 0 Å². The Morgan fingerprint density at radius 2 is 0.400 bits per heavy atom. The second-order valence-electron chi connectivity index (χ2n) is 0.289. The maximum Gasteiger partial charge on any atom is 1.00 e. The Hall–Kier alpha value is 6.66. The maximum absolute atomic E-state index is 8.42. The molecular weight excluding hydrogens is 296 g/mol. The summed E-state index contributed by atoms with van der Waals surface area (Å²) >= 11 is 0. The third-order valence-corrected chi connectivity index (χ3v) is 0. The van der Waals surface area contributed by atoms with Crippen LogP contribution in [0, 0.1) is 0 Å². The maximum atomic E-state index is 8.42. The van der Waals surface area contributed by atoms with Crippen molar-refractivity contribution >= 4 is 7.32 Å². The fourth-order valence-electron chi connectivity index (χ4n) is 0. The third kappa shape index (κ3) is 162. The molecule has 0 atom stereocenters. The molecule has 0 saturated heterocycles. The van der Waals surface area contributed by atoms with E-state index in [1.165, 1.54) is 0 Å². The van der Waals surface area contributed by atoms with E-state index in [0.717, 1.165) is 0 Å². The molecule has 0 amide bonds. The normalized spacial score (nSPS) is 1.80. The SMILES string of the molecule is [F-].[F-].[F-].[F-].[Na+].[Na+].[Na+].[Na+].[Na+].[Na+].[Na+].[O-]B([O-])[O-]. The van der Waals surface area contributed by atoms with Gasteiger partial charge in [0.15, 0.2) is 0 Å². The molecule has 3 nitrogen and oxygen atoms in total. The average Bonchev–Trinajstić information content (AvgIpc) is 0.811. The molecule has 0 aromatic rings. The van der Waals surface area contributed by atoms with Crippen LogP contribution >= 0.6 is 0 Å². The van der Waals surface area contributed by atoms with Crippen molar-refractivity contribution in [2.45, 2.75) is 0 Å². The van der Waals surface area contributed by atoms with Crippen molar-refractivity contribution in [2.24, 2.45) is 0 Å². The Balaban J connectivity index is -0.000000000818. The van der Waals surface area contributed by atoms with Crippen LogP contribution in [-0.4, -0.2) is 7.32 Å². The zero-order valence-corrected chi connectivity index (χ0v) is 24.3. The predicted molar refractivity (Wildman–Crippen MR) is 5.75 cm³/mol. The minimum atomic E-state index is -2.92. The second kappa shape index (κ2) is 85.6. The number of hydrogen-bond acceptors (Lipinski definition) is 3. The Bertz CT molecular complexity index is 31.0. The van der Waals surface area contributed by atoms with Crippen LogP contribution in [0.2, 0.25) is 0 Å². The first kappa shape index (κ1) is 99.0. The molecule has 0 aliphatic rings. The minimum Gasteiger partial charge on any atom is -1.00 e. The van der Waals surface area contributed by atoms with E-state index >= 15 is 0 Å². The van der Waals surface area contributed by atoms with Crippen LogP contribution in [0.3, 0.4) is 0 Å². The van der Waals surface area contributed by atoms with Crippen molar-refractivity contribution in [3.05, 3.63) is 0 Å². The zero-order valence-electron chi connectivity index (χ0n) is 10.3. The summed E-state index contributed by atoms with van der Waals surface area (Å²) in [4.78, 5) is 0. The van der Waals surface area contributed by atoms with E-state index < -0.39 is 7.32 Å². The van der Waals surface area contributed by atoms with Crippen molar-refractivity contribution in [3.8, 4) is 0 Å². The quantitative estimate of drug-likeness (QED) is 0.329. The molecule has 56 valence electrons. The first-order valence-corrected chi connectivity index (χ1v) is 0.707. The van der Waals surface area contributed by atoms with E-state index in [1.54, 1.807) is 0 Å². The van der Waals surface area contributed by atoms with Crippen LogP contribution in [0.4, 0.5) is 0 Å². The molecule has 0 unspecified atom stereocenters. The van der Waals surface area contributed by atoms with Gasteiger partial charge in [0, 0.05) is 0 Å². The Morgan fingerprint density at radius 1 is 0.400 bits per heavy atom. The van der Waals surface area contributed by atoms with Crippen LogP contribution in [0.1, 0.15) is 0 Å². The summed E-state index contributed by atoms with van der Waals surface area (Å²) in [5.41, 5.74) is 0. The molecule has 0 saturated carbocycles. The van der Waals surface area contributed by atoms with Crippen LogP contribution < -0.4 is 241 Å². The van der Waals surface area contributed by atoms with Gasteiger partial charge in [0.25, 0.3) is 0 Å². The Labute approximate surface area is 241 Å². The number of hydrogen-bond donors (Lipinski definition) is 0. The van der Waals surface area contributed by atoms with Crippen LogP contribution in [0.15, 0.2) is 0 Å². The van der Waals surface area contributed by atoms with Crippen molar-refractivity contribution in [2.75, 3.05) is 0 Å². The van der Waals surface area contributed by atoms with Gasteiger partial charge in [-0.2, -0.15) is 0 Å². The predicted octanol–water partition coefficient (Wildman–Crippen LogP) is -36.9. The molecule has 0 radical (unpaired) electrons. The Morgan fingerprint density at radius 3 is 0.400 bits per heavy atom. The van der Waals surface area contributed by atoms with Crippen LogP contribution in [0.5, 0.6) is 0 Å². The van der Waals surface area contributed by atoms with Crippen molar-refractivity contribution < 1.29 is 241 Å². The summed E-state index contributed by atoms with van der Waals surface area (Å²) in [6.07, 6.45) is 0. The topological polar surface area (TPSA) is 69.2 Å². The monoisotopic (exact) mass is 296 g/mol. The molecule has 0 fully saturated rings. The van der Waals surface area contributed by atoms with Crippen LogP contribution in [0.25, 0.3) is 0 Å². The summed E-state index contributed by atoms with van der Waals surface area (Å²) in [6, 6.07) is 0. The van der Waals surface area contributed by atoms with Gasteiger partial charge in [0.05, 0.1) is 0 Å². The first-order chi connectivity index (χ1) is 1.73. The smallest absolute Gasteiger partial charge is 1.00 e. The molecule has 15 heavy (non-hydrogen) atoms. The van der Waals surface area contributed by atoms with E-state index in [1.807, 2.05) is 0 Å². The Kier molecular flexibility index (Phi) is 565. The molecule has 0 bridgehead atoms. The van der Waals surface area contributed by atoms with Crippen molar-refractivity contribution in [1.29, 1.82) is 0 Å². The van der Waals surface area contributed by atoms with Gasteiger partial charge in [-0.05, 0) is 0 Å². The van der Waals surface area contributed by atoms with Gasteiger partial charge in [0.2, 0.25) is 0 Å². The van der Waals surface area contributed by atoms with Crippen molar-refractivity contribution in [3.63, 3.8) is 0 Å². The van der Waals surface area contributed by atoms with E-state index in [9.17, 15) is 0 Å². The van der Waals surface area contributed by atoms with E-state index in [0.29, 0.717) is 0 Å². The summed E-state index contributed by atoms with van der Waals surface area (Å²) in [5, 5.41) is 25.2. The standard InChI is InChI=1S/BO3.4FH.7Na/c2-1(3)4;;;;;;;;;;;/h;4*1H;;;;;;;/q-3;;;;;7*+1/p-4. The fraction of sp³-hybridized carbons (Fsp3) is 0. The largest absolute Gasteiger partial charge is 1.00 e. The molecule has 15 heteroatoms. The van der Waals surface area contributed by atoms with Gasteiger partial charge in [-0.1, -0.05) is 0 Å². The van der Waals surface area contributed by atoms with E-state index in [4.69, 9.17) is 15.1 Å². The molecule has 0 rings (SSSR count). The number of halogens is 4. The van der Waals surface area contributed by atoms with E-state index in [2.05, 4.69) is 0 Å². The van der Waals surface area contributed by atoms with Gasteiger partial charge in [0.1, 0.15) is 0 Å². The average molecular weight is 296 g/mol.